The van der Waals surface area contributed by atoms with E-state index in [1.807, 2.05) is 19.9 Å². The molecule has 1 atom stereocenters. The van der Waals surface area contributed by atoms with Crippen molar-refractivity contribution in [2.24, 2.45) is 5.41 Å². The monoisotopic (exact) mass is 160 g/mol. The minimum Gasteiger partial charge on any atom is -0.359 e. The molecule has 0 aromatic carbocycles. The van der Waals surface area contributed by atoms with Crippen LogP contribution in [-0.2, 0) is 4.52 Å². The highest BCUT2D eigenvalue weighted by atomic mass is 31.0. The van der Waals surface area contributed by atoms with Crippen LogP contribution in [0.25, 0.3) is 0 Å². The summed E-state index contributed by atoms with van der Waals surface area (Å²) < 4.78 is 5.24. The van der Waals surface area contributed by atoms with Gasteiger partial charge in [-0.15, -0.1) is 6.58 Å². The summed E-state index contributed by atoms with van der Waals surface area (Å²) in [5.41, 5.74) is -0.159. The molecule has 0 radical (unpaired) electrons. The van der Waals surface area contributed by atoms with Gasteiger partial charge in [0.15, 0.2) is 0 Å². The maximum atomic E-state index is 5.24. The van der Waals surface area contributed by atoms with Crippen LogP contribution in [0.2, 0.25) is 0 Å². The lowest BCUT2D eigenvalue weighted by atomic mass is 9.78. The third-order valence-corrected chi connectivity index (χ3v) is 2.95. The van der Waals surface area contributed by atoms with Crippen LogP contribution >= 0.6 is 9.47 Å². The van der Waals surface area contributed by atoms with E-state index in [1.165, 1.54) is 0 Å². The Hall–Kier alpha value is 0.130. The van der Waals surface area contributed by atoms with E-state index >= 15 is 0 Å². The second-order valence-corrected chi connectivity index (χ2v) is 3.79. The molecule has 0 fully saturated rings. The fraction of sp³-hybridized carbons (Fsp3) is 0.750. The van der Waals surface area contributed by atoms with Gasteiger partial charge in [0.05, 0.1) is 5.60 Å². The van der Waals surface area contributed by atoms with E-state index in [0.29, 0.717) is 0 Å². The second-order valence-electron chi connectivity index (χ2n) is 3.55. The van der Waals surface area contributed by atoms with Crippen molar-refractivity contribution >= 4 is 9.47 Å². The van der Waals surface area contributed by atoms with Crippen LogP contribution in [0.15, 0.2) is 12.7 Å². The molecule has 0 saturated carbocycles. The van der Waals surface area contributed by atoms with Crippen molar-refractivity contribution in [3.8, 4) is 0 Å². The van der Waals surface area contributed by atoms with E-state index in [9.17, 15) is 0 Å². The van der Waals surface area contributed by atoms with Crippen molar-refractivity contribution in [2.75, 3.05) is 0 Å². The summed E-state index contributed by atoms with van der Waals surface area (Å²) in [4.78, 5) is 0. The first-order valence-corrected chi connectivity index (χ1v) is 3.86. The first-order valence-electron chi connectivity index (χ1n) is 3.39. The molecule has 0 rings (SSSR count). The third-order valence-electron chi connectivity index (χ3n) is 2.36. The van der Waals surface area contributed by atoms with Crippen LogP contribution < -0.4 is 0 Å². The minimum absolute atomic E-state index is 0.00868. The summed E-state index contributed by atoms with van der Waals surface area (Å²) in [7, 11) is 2.29. The predicted molar refractivity (Wildman–Crippen MR) is 48.9 cm³/mol. The topological polar surface area (TPSA) is 9.23 Å². The van der Waals surface area contributed by atoms with Gasteiger partial charge >= 0.3 is 0 Å². The Kier molecular flexibility index (Phi) is 3.06. The van der Waals surface area contributed by atoms with E-state index < -0.39 is 0 Å². The minimum atomic E-state index is -0.167. The molecule has 0 bridgehead atoms. The maximum absolute atomic E-state index is 5.24. The van der Waals surface area contributed by atoms with E-state index in [-0.39, 0.29) is 11.0 Å². The van der Waals surface area contributed by atoms with Gasteiger partial charge in [-0.25, -0.2) is 0 Å². The van der Waals surface area contributed by atoms with E-state index in [4.69, 9.17) is 4.52 Å². The Labute approximate surface area is 66.1 Å². The molecule has 1 nitrogen and oxygen atoms in total. The zero-order chi connectivity index (χ0) is 8.41. The van der Waals surface area contributed by atoms with Crippen LogP contribution in [0.4, 0.5) is 0 Å². The Morgan fingerprint density at radius 1 is 1.30 bits per heavy atom. The predicted octanol–water partition coefficient (Wildman–Crippen LogP) is 2.78. The first-order chi connectivity index (χ1) is 4.37. The van der Waals surface area contributed by atoms with Crippen LogP contribution in [0, 0.1) is 5.41 Å². The van der Waals surface area contributed by atoms with Crippen LogP contribution in [-0.4, -0.2) is 5.60 Å². The molecule has 1 unspecified atom stereocenters. The summed E-state index contributed by atoms with van der Waals surface area (Å²) in [5, 5.41) is 0. The molecule has 60 valence electrons. The highest BCUT2D eigenvalue weighted by Crippen LogP contribution is 2.35. The summed E-state index contributed by atoms with van der Waals surface area (Å²) in [5.74, 6) is 0. The lowest BCUT2D eigenvalue weighted by Crippen LogP contribution is -2.37. The summed E-state index contributed by atoms with van der Waals surface area (Å²) in [6, 6.07) is 0. The zero-order valence-corrected chi connectivity index (χ0v) is 8.42. The smallest absolute Gasteiger partial charge is 0.0746 e. The number of hydrogen-bond acceptors (Lipinski definition) is 1. The van der Waals surface area contributed by atoms with Crippen molar-refractivity contribution < 1.29 is 4.52 Å². The van der Waals surface area contributed by atoms with Crippen molar-refractivity contribution in [1.82, 2.24) is 0 Å². The standard InChI is InChI=1S/C8H17OP/c1-6-7(2,3)8(4,5)9-10/h6H,1,10H2,2-5H3. The van der Waals surface area contributed by atoms with Crippen molar-refractivity contribution in [2.45, 2.75) is 33.3 Å². The van der Waals surface area contributed by atoms with Crippen LogP contribution in [0.3, 0.4) is 0 Å². The Morgan fingerprint density at radius 2 is 1.70 bits per heavy atom. The van der Waals surface area contributed by atoms with E-state index in [1.54, 1.807) is 0 Å². The summed E-state index contributed by atoms with van der Waals surface area (Å²) in [6.07, 6.45) is 1.91. The fourth-order valence-electron chi connectivity index (χ4n) is 0.398. The zero-order valence-electron chi connectivity index (χ0n) is 7.27. The molecule has 0 amide bonds. The highest BCUT2D eigenvalue weighted by molar-refractivity contribution is 7.09. The normalized spacial score (nSPS) is 13.3. The Bertz CT molecular complexity index is 127. The molecule has 0 aliphatic carbocycles. The van der Waals surface area contributed by atoms with Gasteiger partial charge < -0.3 is 4.52 Å². The van der Waals surface area contributed by atoms with Gasteiger partial charge in [-0.1, -0.05) is 19.9 Å². The van der Waals surface area contributed by atoms with Gasteiger partial charge in [0.25, 0.3) is 0 Å². The summed E-state index contributed by atoms with van der Waals surface area (Å²) >= 11 is 0. The quantitative estimate of drug-likeness (QED) is 0.455. The maximum Gasteiger partial charge on any atom is 0.0746 e. The molecule has 0 aromatic rings. The van der Waals surface area contributed by atoms with Gasteiger partial charge in [-0.05, 0) is 13.8 Å². The third kappa shape index (κ3) is 1.81. The molecule has 0 spiro atoms. The average Bonchev–Trinajstić information content (AvgIpc) is 1.88. The first kappa shape index (κ1) is 10.1. The highest BCUT2D eigenvalue weighted by Gasteiger charge is 2.34. The molecule has 0 heterocycles. The van der Waals surface area contributed by atoms with Gasteiger partial charge in [-0.3, -0.25) is 0 Å². The SMILES string of the molecule is C=CC(C)(C)C(C)(C)OP. The Balaban J connectivity index is 4.43. The van der Waals surface area contributed by atoms with Gasteiger partial charge in [0, 0.05) is 14.9 Å². The van der Waals surface area contributed by atoms with Gasteiger partial charge in [-0.2, -0.15) is 0 Å². The molecule has 0 saturated heterocycles. The molecular formula is C8H17OP. The largest absolute Gasteiger partial charge is 0.359 e. The van der Waals surface area contributed by atoms with E-state index in [0.717, 1.165) is 0 Å². The second kappa shape index (κ2) is 3.02. The fourth-order valence-corrected chi connectivity index (χ4v) is 0.701. The molecule has 0 aromatic heterocycles. The number of hydrogen-bond donors (Lipinski definition) is 0. The summed E-state index contributed by atoms with van der Waals surface area (Å²) in [6.45, 7) is 12.0. The molecule has 0 aliphatic rings. The van der Waals surface area contributed by atoms with Crippen molar-refractivity contribution in [3.63, 3.8) is 0 Å². The lowest BCUT2D eigenvalue weighted by molar-refractivity contribution is 0.0373. The van der Waals surface area contributed by atoms with Crippen molar-refractivity contribution in [3.05, 3.63) is 12.7 Å². The van der Waals surface area contributed by atoms with Gasteiger partial charge in [0.1, 0.15) is 0 Å². The lowest BCUT2D eigenvalue weighted by Gasteiger charge is -2.37. The Morgan fingerprint density at radius 3 is 1.80 bits per heavy atom. The molecule has 0 N–H and O–H groups in total. The van der Waals surface area contributed by atoms with Crippen LogP contribution in [0.1, 0.15) is 27.7 Å². The van der Waals surface area contributed by atoms with E-state index in [2.05, 4.69) is 29.9 Å². The molecule has 10 heavy (non-hydrogen) atoms. The molecule has 0 aliphatic heterocycles. The molecule has 2 heteroatoms. The van der Waals surface area contributed by atoms with Crippen LogP contribution in [0.5, 0.6) is 0 Å². The molecular weight excluding hydrogens is 143 g/mol. The van der Waals surface area contributed by atoms with Crippen molar-refractivity contribution in [1.29, 1.82) is 0 Å². The average molecular weight is 160 g/mol. The van der Waals surface area contributed by atoms with Gasteiger partial charge in [0.2, 0.25) is 0 Å². The number of rotatable bonds is 3.